The molecule has 3 aromatic rings. The highest BCUT2D eigenvalue weighted by atomic mass is 32.2. The van der Waals surface area contributed by atoms with E-state index in [1.807, 2.05) is 30.5 Å². The number of aliphatic hydroxyl groups excluding tert-OH is 1. The van der Waals surface area contributed by atoms with Gasteiger partial charge in [0.05, 0.1) is 12.2 Å². The third kappa shape index (κ3) is 4.11. The monoisotopic (exact) mass is 375 g/mol. The van der Waals surface area contributed by atoms with E-state index >= 15 is 0 Å². The Labute approximate surface area is 154 Å². The molecule has 1 N–H and O–H groups in total. The van der Waals surface area contributed by atoms with Crippen LogP contribution in [-0.2, 0) is 13.2 Å². The maximum atomic E-state index is 13.6. The van der Waals surface area contributed by atoms with E-state index in [0.29, 0.717) is 17.3 Å². The Morgan fingerprint density at radius 2 is 1.77 bits per heavy atom. The lowest BCUT2D eigenvalue weighted by Crippen LogP contribution is -2.07. The van der Waals surface area contributed by atoms with Gasteiger partial charge in [-0.05, 0) is 35.7 Å². The number of nitrogens with zero attached hydrogens (tertiary/aromatic N) is 3. The Hall–Kier alpha value is -2.25. The van der Waals surface area contributed by atoms with Crippen molar-refractivity contribution < 1.29 is 13.9 Å². The molecule has 0 aliphatic heterocycles. The van der Waals surface area contributed by atoms with E-state index in [4.69, 9.17) is 0 Å². The molecule has 4 nitrogen and oxygen atoms in total. The van der Waals surface area contributed by atoms with Crippen LogP contribution in [0.25, 0.3) is 0 Å². The molecule has 0 fully saturated rings. The molecular formula is C19H19F2N3OS. The van der Waals surface area contributed by atoms with Crippen molar-refractivity contribution in [3.8, 4) is 0 Å². The second-order valence-electron chi connectivity index (χ2n) is 6.18. The fourth-order valence-electron chi connectivity index (χ4n) is 2.64. The smallest absolute Gasteiger partial charge is 0.136 e. The molecule has 0 saturated carbocycles. The standard InChI is InChI=1S/C19H19F2N3OS/c1-12(2)18-19(26-16-8-14(20)7-15(21)9-16)24(17(11-25)23-18)10-13-3-5-22-6-4-13/h3-9,12,25H,10-11H2,1-2H3. The maximum absolute atomic E-state index is 13.6. The molecule has 0 bridgehead atoms. The summed E-state index contributed by atoms with van der Waals surface area (Å²) in [6.07, 6.45) is 3.39. The fraction of sp³-hybridized carbons (Fsp3) is 0.263. The van der Waals surface area contributed by atoms with Crippen LogP contribution in [0.4, 0.5) is 8.78 Å². The predicted molar refractivity (Wildman–Crippen MR) is 96.1 cm³/mol. The van der Waals surface area contributed by atoms with Crippen LogP contribution in [0.3, 0.4) is 0 Å². The molecule has 0 unspecified atom stereocenters. The van der Waals surface area contributed by atoms with Gasteiger partial charge in [-0.15, -0.1) is 0 Å². The molecule has 1 aromatic carbocycles. The average molecular weight is 375 g/mol. The van der Waals surface area contributed by atoms with E-state index in [-0.39, 0.29) is 12.5 Å². The third-order valence-corrected chi connectivity index (χ3v) is 4.95. The van der Waals surface area contributed by atoms with E-state index in [1.165, 1.54) is 23.9 Å². The summed E-state index contributed by atoms with van der Waals surface area (Å²) >= 11 is 1.25. The van der Waals surface area contributed by atoms with Gasteiger partial charge in [-0.3, -0.25) is 4.98 Å². The second-order valence-corrected chi connectivity index (χ2v) is 7.24. The lowest BCUT2D eigenvalue weighted by atomic mass is 10.1. The molecule has 0 atom stereocenters. The number of imidazole rings is 1. The summed E-state index contributed by atoms with van der Waals surface area (Å²) < 4.78 is 29.1. The quantitative estimate of drug-likeness (QED) is 0.695. The number of hydrogen-bond acceptors (Lipinski definition) is 4. The van der Waals surface area contributed by atoms with Crippen molar-refractivity contribution in [2.24, 2.45) is 0 Å². The molecule has 26 heavy (non-hydrogen) atoms. The van der Waals surface area contributed by atoms with E-state index in [9.17, 15) is 13.9 Å². The van der Waals surface area contributed by atoms with Gasteiger partial charge in [0.25, 0.3) is 0 Å². The van der Waals surface area contributed by atoms with Gasteiger partial charge in [0.15, 0.2) is 0 Å². The fourth-order valence-corrected chi connectivity index (χ4v) is 3.87. The normalized spacial score (nSPS) is 11.3. The van der Waals surface area contributed by atoms with Crippen molar-refractivity contribution in [3.63, 3.8) is 0 Å². The third-order valence-electron chi connectivity index (χ3n) is 3.85. The molecule has 2 heterocycles. The van der Waals surface area contributed by atoms with Gasteiger partial charge in [-0.2, -0.15) is 0 Å². The van der Waals surface area contributed by atoms with E-state index in [2.05, 4.69) is 9.97 Å². The zero-order valence-electron chi connectivity index (χ0n) is 14.5. The molecule has 2 aromatic heterocycles. The highest BCUT2D eigenvalue weighted by Crippen LogP contribution is 2.36. The SMILES string of the molecule is CC(C)c1nc(CO)n(Cc2ccncc2)c1Sc1cc(F)cc(F)c1. The number of aliphatic hydroxyl groups is 1. The van der Waals surface area contributed by atoms with Crippen molar-refractivity contribution >= 4 is 11.8 Å². The Morgan fingerprint density at radius 1 is 1.12 bits per heavy atom. The minimum atomic E-state index is -0.624. The molecule has 3 rings (SSSR count). The van der Waals surface area contributed by atoms with Crippen LogP contribution in [-0.4, -0.2) is 19.6 Å². The Morgan fingerprint density at radius 3 is 2.35 bits per heavy atom. The minimum Gasteiger partial charge on any atom is -0.388 e. The van der Waals surface area contributed by atoms with Crippen LogP contribution in [0.15, 0.2) is 52.6 Å². The van der Waals surface area contributed by atoms with Crippen molar-refractivity contribution in [2.45, 2.75) is 42.8 Å². The first-order valence-electron chi connectivity index (χ1n) is 8.21. The van der Waals surface area contributed by atoms with Crippen LogP contribution in [0.5, 0.6) is 0 Å². The topological polar surface area (TPSA) is 50.9 Å². The molecule has 0 saturated heterocycles. The highest BCUT2D eigenvalue weighted by molar-refractivity contribution is 7.99. The largest absolute Gasteiger partial charge is 0.388 e. The van der Waals surface area contributed by atoms with Crippen LogP contribution >= 0.6 is 11.8 Å². The van der Waals surface area contributed by atoms with Crippen LogP contribution in [0.1, 0.15) is 36.8 Å². The van der Waals surface area contributed by atoms with E-state index in [1.54, 1.807) is 12.4 Å². The first-order valence-corrected chi connectivity index (χ1v) is 9.02. The van der Waals surface area contributed by atoms with Gasteiger partial charge < -0.3 is 9.67 Å². The molecule has 136 valence electrons. The van der Waals surface area contributed by atoms with Crippen molar-refractivity contribution in [1.29, 1.82) is 0 Å². The van der Waals surface area contributed by atoms with Crippen LogP contribution in [0, 0.1) is 11.6 Å². The predicted octanol–water partition coefficient (Wildman–Crippen LogP) is 4.37. The number of hydrogen-bond donors (Lipinski definition) is 1. The summed E-state index contributed by atoms with van der Waals surface area (Å²) in [5.74, 6) is -0.632. The van der Waals surface area contributed by atoms with Gasteiger partial charge >= 0.3 is 0 Å². The number of aromatic nitrogens is 3. The highest BCUT2D eigenvalue weighted by Gasteiger charge is 2.20. The zero-order valence-corrected chi connectivity index (χ0v) is 15.3. The zero-order chi connectivity index (χ0) is 18.7. The summed E-state index contributed by atoms with van der Waals surface area (Å²) in [6, 6.07) is 7.19. The van der Waals surface area contributed by atoms with Gasteiger partial charge in [0, 0.05) is 23.4 Å². The lowest BCUT2D eigenvalue weighted by Gasteiger charge is -2.13. The molecule has 7 heteroatoms. The molecule has 0 radical (unpaired) electrons. The van der Waals surface area contributed by atoms with Gasteiger partial charge in [0.1, 0.15) is 29.1 Å². The minimum absolute atomic E-state index is 0.0971. The summed E-state index contributed by atoms with van der Waals surface area (Å²) in [7, 11) is 0. The van der Waals surface area contributed by atoms with Crippen LogP contribution < -0.4 is 0 Å². The van der Waals surface area contributed by atoms with Crippen molar-refractivity contribution in [2.75, 3.05) is 0 Å². The Balaban J connectivity index is 2.07. The number of pyridine rings is 1. The average Bonchev–Trinajstić information content (AvgIpc) is 2.93. The Kier molecular flexibility index (Phi) is 5.68. The van der Waals surface area contributed by atoms with Gasteiger partial charge in [-0.1, -0.05) is 25.6 Å². The summed E-state index contributed by atoms with van der Waals surface area (Å²) in [4.78, 5) is 9.01. The van der Waals surface area contributed by atoms with Gasteiger partial charge in [0.2, 0.25) is 0 Å². The number of rotatable bonds is 6. The molecule has 0 aliphatic rings. The second kappa shape index (κ2) is 7.97. The molecule has 0 amide bonds. The maximum Gasteiger partial charge on any atom is 0.136 e. The van der Waals surface area contributed by atoms with Crippen LogP contribution in [0.2, 0.25) is 0 Å². The van der Waals surface area contributed by atoms with E-state index < -0.39 is 11.6 Å². The Bertz CT molecular complexity index is 877. The summed E-state index contributed by atoms with van der Waals surface area (Å²) in [5.41, 5.74) is 1.78. The van der Waals surface area contributed by atoms with E-state index in [0.717, 1.165) is 22.3 Å². The first kappa shape index (κ1) is 18.5. The number of benzene rings is 1. The lowest BCUT2D eigenvalue weighted by molar-refractivity contribution is 0.265. The summed E-state index contributed by atoms with van der Waals surface area (Å²) in [6.45, 7) is 4.26. The van der Waals surface area contributed by atoms with Crippen molar-refractivity contribution in [1.82, 2.24) is 14.5 Å². The molecular weight excluding hydrogens is 356 g/mol. The molecule has 0 aliphatic carbocycles. The van der Waals surface area contributed by atoms with Gasteiger partial charge in [-0.25, -0.2) is 13.8 Å². The summed E-state index contributed by atoms with van der Waals surface area (Å²) in [5, 5.41) is 10.5. The molecule has 0 spiro atoms. The first-order chi connectivity index (χ1) is 12.5. The van der Waals surface area contributed by atoms with Crippen molar-refractivity contribution in [3.05, 3.63) is 71.4 Å². The number of halogens is 2.